The minimum atomic E-state index is -0.808. The molecule has 6 heteroatoms. The molecule has 6 nitrogen and oxygen atoms in total. The molecule has 0 aliphatic carbocycles. The van der Waals surface area contributed by atoms with E-state index in [1.165, 1.54) is 0 Å². The molecule has 0 saturated carbocycles. The second-order valence-corrected chi connectivity index (χ2v) is 4.09. The van der Waals surface area contributed by atoms with Crippen molar-refractivity contribution in [1.82, 2.24) is 10.2 Å². The summed E-state index contributed by atoms with van der Waals surface area (Å²) in [6.07, 6.45) is 2.14. The summed E-state index contributed by atoms with van der Waals surface area (Å²) in [6, 6.07) is 0. The Bertz CT molecular complexity index is 351. The van der Waals surface area contributed by atoms with Gasteiger partial charge in [-0.05, 0) is 12.3 Å². The normalized spacial score (nSPS) is 12.6. The molecule has 0 aromatic carbocycles. The van der Waals surface area contributed by atoms with Gasteiger partial charge >= 0.3 is 5.97 Å². The minimum absolute atomic E-state index is 0.000208. The Hall–Kier alpha value is -1.43. The van der Waals surface area contributed by atoms with Crippen molar-refractivity contribution in [3.63, 3.8) is 0 Å². The van der Waals surface area contributed by atoms with Crippen LogP contribution >= 0.6 is 0 Å². The maximum atomic E-state index is 10.5. The number of methoxy groups -OCH3 is 1. The van der Waals surface area contributed by atoms with Crippen molar-refractivity contribution >= 4 is 5.97 Å². The molecule has 96 valence electrons. The number of hydrogen-bond donors (Lipinski definition) is 1. The van der Waals surface area contributed by atoms with Gasteiger partial charge in [-0.2, -0.15) is 0 Å². The lowest BCUT2D eigenvalue weighted by atomic mass is 10.0. The summed E-state index contributed by atoms with van der Waals surface area (Å²) >= 11 is 0. The fourth-order valence-corrected chi connectivity index (χ4v) is 1.51. The zero-order valence-corrected chi connectivity index (χ0v) is 10.2. The van der Waals surface area contributed by atoms with Crippen LogP contribution < -0.4 is 0 Å². The molecule has 1 heterocycles. The summed E-state index contributed by atoms with van der Waals surface area (Å²) in [5.74, 6) is 0.280. The average molecular weight is 242 g/mol. The number of rotatable bonds is 8. The van der Waals surface area contributed by atoms with E-state index in [2.05, 4.69) is 10.2 Å². The topological polar surface area (TPSA) is 85.5 Å². The van der Waals surface area contributed by atoms with Gasteiger partial charge in [0, 0.05) is 33.0 Å². The molecule has 1 aromatic heterocycles. The number of aromatic nitrogens is 2. The smallest absolute Gasteiger partial charge is 0.303 e. The number of carbonyl (C=O) groups is 1. The van der Waals surface area contributed by atoms with E-state index in [1.807, 2.05) is 6.92 Å². The monoisotopic (exact) mass is 242 g/mol. The SMILES string of the molecule is COCCCc1nnc(CC(C)CC(=O)O)o1. The van der Waals surface area contributed by atoms with Gasteiger partial charge in [0.25, 0.3) is 0 Å². The summed E-state index contributed by atoms with van der Waals surface area (Å²) in [6.45, 7) is 2.51. The largest absolute Gasteiger partial charge is 0.481 e. The Morgan fingerprint density at radius 2 is 2.18 bits per heavy atom. The first-order valence-corrected chi connectivity index (χ1v) is 5.63. The molecule has 1 rings (SSSR count). The van der Waals surface area contributed by atoms with Crippen LogP contribution in [-0.4, -0.2) is 35.0 Å². The predicted octanol–water partition coefficient (Wildman–Crippen LogP) is 1.30. The Morgan fingerprint density at radius 3 is 2.82 bits per heavy atom. The van der Waals surface area contributed by atoms with Crippen LogP contribution in [0.3, 0.4) is 0 Å². The lowest BCUT2D eigenvalue weighted by Gasteiger charge is -2.03. The lowest BCUT2D eigenvalue weighted by molar-refractivity contribution is -0.137. The molecule has 1 aromatic rings. The van der Waals surface area contributed by atoms with Gasteiger partial charge in [0.2, 0.25) is 11.8 Å². The minimum Gasteiger partial charge on any atom is -0.481 e. The van der Waals surface area contributed by atoms with Crippen LogP contribution in [0, 0.1) is 5.92 Å². The third-order valence-corrected chi connectivity index (χ3v) is 2.29. The summed E-state index contributed by atoms with van der Waals surface area (Å²) in [7, 11) is 1.65. The van der Waals surface area contributed by atoms with E-state index >= 15 is 0 Å². The van der Waals surface area contributed by atoms with Crippen LogP contribution in [0.2, 0.25) is 0 Å². The molecule has 1 N–H and O–H groups in total. The molecule has 0 amide bonds. The zero-order valence-electron chi connectivity index (χ0n) is 10.2. The third-order valence-electron chi connectivity index (χ3n) is 2.29. The first kappa shape index (κ1) is 13.6. The highest BCUT2D eigenvalue weighted by atomic mass is 16.5. The standard InChI is InChI=1S/C11H18N2O4/c1-8(7-11(14)15)6-10-13-12-9(17-10)4-3-5-16-2/h8H,3-7H2,1-2H3,(H,14,15). The summed E-state index contributed by atoms with van der Waals surface area (Å²) < 4.78 is 10.3. The average Bonchev–Trinajstić information content (AvgIpc) is 2.64. The van der Waals surface area contributed by atoms with E-state index in [0.29, 0.717) is 31.2 Å². The molecule has 0 radical (unpaired) electrons. The molecule has 0 fully saturated rings. The van der Waals surface area contributed by atoms with Gasteiger partial charge in [0.1, 0.15) is 0 Å². The van der Waals surface area contributed by atoms with E-state index < -0.39 is 5.97 Å². The van der Waals surface area contributed by atoms with Crippen molar-refractivity contribution in [2.45, 2.75) is 32.6 Å². The molecular weight excluding hydrogens is 224 g/mol. The fraction of sp³-hybridized carbons (Fsp3) is 0.727. The molecule has 17 heavy (non-hydrogen) atoms. The highest BCUT2D eigenvalue weighted by Crippen LogP contribution is 2.11. The van der Waals surface area contributed by atoms with Crippen molar-refractivity contribution in [1.29, 1.82) is 0 Å². The van der Waals surface area contributed by atoms with Crippen LogP contribution in [0.4, 0.5) is 0 Å². The Labute approximate surface area is 100.0 Å². The maximum Gasteiger partial charge on any atom is 0.303 e. The van der Waals surface area contributed by atoms with Gasteiger partial charge in [0.15, 0.2) is 0 Å². The molecule has 0 aliphatic heterocycles. The third kappa shape index (κ3) is 5.44. The molecule has 0 aliphatic rings. The zero-order chi connectivity index (χ0) is 12.7. The second-order valence-electron chi connectivity index (χ2n) is 4.09. The van der Waals surface area contributed by atoms with Crippen molar-refractivity contribution in [2.24, 2.45) is 5.92 Å². The van der Waals surface area contributed by atoms with Crippen LogP contribution in [-0.2, 0) is 22.4 Å². The number of nitrogens with zero attached hydrogens (tertiary/aromatic N) is 2. The fourth-order valence-electron chi connectivity index (χ4n) is 1.51. The predicted molar refractivity (Wildman–Crippen MR) is 59.6 cm³/mol. The van der Waals surface area contributed by atoms with E-state index in [4.69, 9.17) is 14.3 Å². The summed E-state index contributed by atoms with van der Waals surface area (Å²) in [4.78, 5) is 10.5. The maximum absolute atomic E-state index is 10.5. The number of carboxylic acids is 1. The molecular formula is C11H18N2O4. The number of ether oxygens (including phenoxy) is 1. The molecule has 0 spiro atoms. The highest BCUT2D eigenvalue weighted by molar-refractivity contribution is 5.66. The second kappa shape index (κ2) is 7.01. The van der Waals surface area contributed by atoms with Crippen LogP contribution in [0.25, 0.3) is 0 Å². The quantitative estimate of drug-likeness (QED) is 0.691. The molecule has 1 unspecified atom stereocenters. The summed E-state index contributed by atoms with van der Waals surface area (Å²) in [5.41, 5.74) is 0. The number of carboxylic acid groups (broad SMARTS) is 1. The first-order chi connectivity index (χ1) is 8.11. The van der Waals surface area contributed by atoms with Crippen molar-refractivity contribution < 1.29 is 19.1 Å². The van der Waals surface area contributed by atoms with E-state index in [0.717, 1.165) is 6.42 Å². The van der Waals surface area contributed by atoms with E-state index in [9.17, 15) is 4.79 Å². The van der Waals surface area contributed by atoms with Crippen LogP contribution in [0.5, 0.6) is 0 Å². The van der Waals surface area contributed by atoms with Crippen molar-refractivity contribution in [3.8, 4) is 0 Å². The van der Waals surface area contributed by atoms with Crippen LogP contribution in [0.1, 0.15) is 31.5 Å². The number of aliphatic carboxylic acids is 1. The van der Waals surface area contributed by atoms with Gasteiger partial charge in [0.05, 0.1) is 0 Å². The van der Waals surface area contributed by atoms with Gasteiger partial charge in [-0.25, -0.2) is 0 Å². The van der Waals surface area contributed by atoms with E-state index in [-0.39, 0.29) is 12.3 Å². The summed E-state index contributed by atoms with van der Waals surface area (Å²) in [5, 5.41) is 16.4. The van der Waals surface area contributed by atoms with Crippen LogP contribution in [0.15, 0.2) is 4.42 Å². The van der Waals surface area contributed by atoms with E-state index in [1.54, 1.807) is 7.11 Å². The Morgan fingerprint density at radius 1 is 1.47 bits per heavy atom. The first-order valence-electron chi connectivity index (χ1n) is 5.63. The van der Waals surface area contributed by atoms with Crippen molar-refractivity contribution in [2.75, 3.05) is 13.7 Å². The van der Waals surface area contributed by atoms with Gasteiger partial charge in [-0.1, -0.05) is 6.92 Å². The number of aryl methyl sites for hydroxylation is 1. The Balaban J connectivity index is 2.37. The number of hydrogen-bond acceptors (Lipinski definition) is 5. The van der Waals surface area contributed by atoms with Crippen molar-refractivity contribution in [3.05, 3.63) is 11.8 Å². The Kier molecular flexibility index (Phi) is 5.62. The van der Waals surface area contributed by atoms with Gasteiger partial charge in [-0.15, -0.1) is 10.2 Å². The molecule has 1 atom stereocenters. The lowest BCUT2D eigenvalue weighted by Crippen LogP contribution is -2.07. The highest BCUT2D eigenvalue weighted by Gasteiger charge is 2.13. The van der Waals surface area contributed by atoms with Gasteiger partial charge < -0.3 is 14.3 Å². The molecule has 0 saturated heterocycles. The molecule has 0 bridgehead atoms. The van der Waals surface area contributed by atoms with Gasteiger partial charge in [-0.3, -0.25) is 4.79 Å².